The van der Waals surface area contributed by atoms with Crippen molar-refractivity contribution in [1.82, 2.24) is 0 Å². The Kier molecular flexibility index (Phi) is 7.65. The molecule has 0 unspecified atom stereocenters. The highest BCUT2D eigenvalue weighted by atomic mass is 16.1. The second-order valence-corrected chi connectivity index (χ2v) is 6.73. The van der Waals surface area contributed by atoms with Gasteiger partial charge in [-0.15, -0.1) is 0 Å². The van der Waals surface area contributed by atoms with Crippen LogP contribution in [0.1, 0.15) is 39.2 Å². The summed E-state index contributed by atoms with van der Waals surface area (Å²) in [5.74, 6) is -0.156. The number of nitrogens with zero attached hydrogens (tertiary/aromatic N) is 2. The summed E-state index contributed by atoms with van der Waals surface area (Å²) in [6, 6.07) is 17.5. The molecule has 0 aliphatic carbocycles. The van der Waals surface area contributed by atoms with Crippen LogP contribution < -0.4 is 15.5 Å². The quantitative estimate of drug-likeness (QED) is 0.496. The summed E-state index contributed by atoms with van der Waals surface area (Å²) in [6.07, 6.45) is 1.44. The lowest BCUT2D eigenvalue weighted by Gasteiger charge is -2.21. The molecule has 0 spiro atoms. The molecule has 5 nitrogen and oxygen atoms in total. The molecule has 146 valence electrons. The molecule has 0 saturated carbocycles. The van der Waals surface area contributed by atoms with E-state index in [1.807, 2.05) is 54.6 Å². The molecule has 2 rings (SSSR count). The molecule has 1 amide bonds. The molecule has 0 aliphatic heterocycles. The molecular weight excluding hydrogens is 348 g/mol. The molecular formula is C23H28N4O. The number of para-hydroxylation sites is 1. The third-order valence-electron chi connectivity index (χ3n) is 4.58. The zero-order valence-corrected chi connectivity index (χ0v) is 17.0. The highest BCUT2D eigenvalue weighted by Crippen LogP contribution is 2.24. The Hall–Kier alpha value is -3.26. The van der Waals surface area contributed by atoms with Crippen LogP contribution in [0.5, 0.6) is 0 Å². The Morgan fingerprint density at radius 2 is 1.75 bits per heavy atom. The fraction of sp³-hybridized carbons (Fsp3) is 0.304. The van der Waals surface area contributed by atoms with Gasteiger partial charge in [0, 0.05) is 36.4 Å². The number of hydrogen-bond acceptors (Lipinski definition) is 4. The van der Waals surface area contributed by atoms with Crippen molar-refractivity contribution in [1.29, 1.82) is 5.26 Å². The minimum Gasteiger partial charge on any atom is -0.372 e. The summed E-state index contributed by atoms with van der Waals surface area (Å²) in [6.45, 7) is 10.3. The van der Waals surface area contributed by atoms with E-state index in [1.165, 1.54) is 6.20 Å². The van der Waals surface area contributed by atoms with Gasteiger partial charge in [0.15, 0.2) is 0 Å². The lowest BCUT2D eigenvalue weighted by molar-refractivity contribution is -0.112. The number of carbonyl (C=O) groups is 1. The maximum atomic E-state index is 12.5. The van der Waals surface area contributed by atoms with Crippen molar-refractivity contribution in [3.05, 3.63) is 65.9 Å². The molecule has 2 N–H and O–H groups in total. The summed E-state index contributed by atoms with van der Waals surface area (Å²) < 4.78 is 0. The number of carbonyl (C=O) groups excluding carboxylic acids is 1. The van der Waals surface area contributed by atoms with E-state index in [1.54, 1.807) is 0 Å². The van der Waals surface area contributed by atoms with Crippen LogP contribution in [0, 0.1) is 11.3 Å². The first kappa shape index (κ1) is 21.0. The SMILES string of the molecule is CCN(CC)c1ccc(N/C=C(/C#N)C(=O)Nc2ccccc2C(C)C)cc1. The monoisotopic (exact) mass is 376 g/mol. The van der Waals surface area contributed by atoms with Crippen molar-refractivity contribution < 1.29 is 4.79 Å². The van der Waals surface area contributed by atoms with E-state index in [9.17, 15) is 10.1 Å². The minimum absolute atomic E-state index is 0.0198. The van der Waals surface area contributed by atoms with Gasteiger partial charge in [-0.05, 0) is 55.7 Å². The topological polar surface area (TPSA) is 68.2 Å². The van der Waals surface area contributed by atoms with E-state index in [2.05, 4.69) is 43.2 Å². The van der Waals surface area contributed by atoms with Gasteiger partial charge in [0.25, 0.3) is 5.91 Å². The molecule has 5 heteroatoms. The zero-order valence-electron chi connectivity index (χ0n) is 17.0. The van der Waals surface area contributed by atoms with E-state index < -0.39 is 5.91 Å². The van der Waals surface area contributed by atoms with Gasteiger partial charge in [-0.25, -0.2) is 0 Å². The van der Waals surface area contributed by atoms with Crippen LogP contribution in [0.4, 0.5) is 17.1 Å². The molecule has 0 bridgehead atoms. The lowest BCUT2D eigenvalue weighted by atomic mass is 10.0. The maximum Gasteiger partial charge on any atom is 0.267 e. The molecule has 0 fully saturated rings. The fourth-order valence-corrected chi connectivity index (χ4v) is 2.97. The average Bonchev–Trinajstić information content (AvgIpc) is 2.70. The van der Waals surface area contributed by atoms with Crippen LogP contribution >= 0.6 is 0 Å². The summed E-state index contributed by atoms with van der Waals surface area (Å²) in [5, 5.41) is 15.3. The Balaban J connectivity index is 2.10. The predicted molar refractivity (Wildman–Crippen MR) is 116 cm³/mol. The second-order valence-electron chi connectivity index (χ2n) is 6.73. The van der Waals surface area contributed by atoms with E-state index in [0.717, 1.165) is 35.7 Å². The summed E-state index contributed by atoms with van der Waals surface area (Å²) >= 11 is 0. The molecule has 0 aromatic heterocycles. The van der Waals surface area contributed by atoms with Crippen molar-refractivity contribution in [3.63, 3.8) is 0 Å². The molecule has 2 aromatic rings. The number of nitrogens with one attached hydrogen (secondary N) is 2. The largest absolute Gasteiger partial charge is 0.372 e. The van der Waals surface area contributed by atoms with Crippen molar-refractivity contribution in [3.8, 4) is 6.07 Å². The van der Waals surface area contributed by atoms with E-state index >= 15 is 0 Å². The number of rotatable bonds is 8. The number of benzene rings is 2. The predicted octanol–water partition coefficient (Wildman–Crippen LogP) is 5.11. The number of anilines is 3. The van der Waals surface area contributed by atoms with Gasteiger partial charge in [-0.3, -0.25) is 4.79 Å². The van der Waals surface area contributed by atoms with Gasteiger partial charge in [0.1, 0.15) is 11.6 Å². The highest BCUT2D eigenvalue weighted by molar-refractivity contribution is 6.07. The van der Waals surface area contributed by atoms with Gasteiger partial charge in [-0.2, -0.15) is 5.26 Å². The van der Waals surface area contributed by atoms with E-state index in [-0.39, 0.29) is 11.5 Å². The first-order valence-corrected chi connectivity index (χ1v) is 9.62. The molecule has 0 aliphatic rings. The summed E-state index contributed by atoms with van der Waals surface area (Å²) in [7, 11) is 0. The Labute approximate surface area is 167 Å². The van der Waals surface area contributed by atoms with Crippen LogP contribution in [-0.2, 0) is 4.79 Å². The van der Waals surface area contributed by atoms with Crippen molar-refractivity contribution in [2.24, 2.45) is 0 Å². The van der Waals surface area contributed by atoms with Crippen molar-refractivity contribution in [2.45, 2.75) is 33.6 Å². The fourth-order valence-electron chi connectivity index (χ4n) is 2.97. The Bertz CT molecular complexity index is 859. The van der Waals surface area contributed by atoms with Crippen LogP contribution in [0.25, 0.3) is 0 Å². The van der Waals surface area contributed by atoms with Gasteiger partial charge >= 0.3 is 0 Å². The number of nitriles is 1. The summed E-state index contributed by atoms with van der Waals surface area (Å²) in [5.41, 5.74) is 3.74. The van der Waals surface area contributed by atoms with E-state index in [0.29, 0.717) is 0 Å². The Morgan fingerprint density at radius 1 is 1.11 bits per heavy atom. The smallest absolute Gasteiger partial charge is 0.267 e. The molecule has 0 atom stereocenters. The maximum absolute atomic E-state index is 12.5. The van der Waals surface area contributed by atoms with Crippen LogP contribution in [0.3, 0.4) is 0 Å². The van der Waals surface area contributed by atoms with Gasteiger partial charge in [0.2, 0.25) is 0 Å². The third-order valence-corrected chi connectivity index (χ3v) is 4.58. The molecule has 2 aromatic carbocycles. The number of hydrogen-bond donors (Lipinski definition) is 2. The van der Waals surface area contributed by atoms with Gasteiger partial charge < -0.3 is 15.5 Å². The van der Waals surface area contributed by atoms with Crippen LogP contribution in [-0.4, -0.2) is 19.0 Å². The van der Waals surface area contributed by atoms with Crippen LogP contribution in [0.2, 0.25) is 0 Å². The van der Waals surface area contributed by atoms with Crippen molar-refractivity contribution in [2.75, 3.05) is 28.6 Å². The first-order valence-electron chi connectivity index (χ1n) is 9.62. The van der Waals surface area contributed by atoms with Crippen molar-refractivity contribution >= 4 is 23.0 Å². The molecule has 0 saturated heterocycles. The average molecular weight is 377 g/mol. The van der Waals surface area contributed by atoms with Gasteiger partial charge in [0.05, 0.1) is 0 Å². The minimum atomic E-state index is -0.428. The molecule has 0 heterocycles. The van der Waals surface area contributed by atoms with Gasteiger partial charge in [-0.1, -0.05) is 32.0 Å². The standard InChI is InChI=1S/C23H28N4O/c1-5-27(6-2)20-13-11-19(12-14-20)25-16-18(15-24)23(28)26-22-10-8-7-9-21(22)17(3)4/h7-14,16-17,25H,5-6H2,1-4H3,(H,26,28)/b18-16-. The normalized spacial score (nSPS) is 11.1. The third kappa shape index (κ3) is 5.37. The zero-order chi connectivity index (χ0) is 20.5. The lowest BCUT2D eigenvalue weighted by Crippen LogP contribution is -2.21. The highest BCUT2D eigenvalue weighted by Gasteiger charge is 2.13. The van der Waals surface area contributed by atoms with E-state index in [4.69, 9.17) is 0 Å². The first-order chi connectivity index (χ1) is 13.5. The Morgan fingerprint density at radius 3 is 2.32 bits per heavy atom. The van der Waals surface area contributed by atoms with Crippen LogP contribution in [0.15, 0.2) is 60.3 Å². The molecule has 0 radical (unpaired) electrons. The second kappa shape index (κ2) is 10.2. The molecule has 28 heavy (non-hydrogen) atoms. The summed E-state index contributed by atoms with van der Waals surface area (Å²) in [4.78, 5) is 14.8. The number of amides is 1.